The summed E-state index contributed by atoms with van der Waals surface area (Å²) < 4.78 is 55.7. The summed E-state index contributed by atoms with van der Waals surface area (Å²) in [4.78, 5) is 7.44. The topological polar surface area (TPSA) is 48.8 Å². The Labute approximate surface area is 210 Å². The lowest BCUT2D eigenvalue weighted by atomic mass is 10.0. The first kappa shape index (κ1) is 26.3. The Balaban J connectivity index is 1.70. The fraction of sp³-hybridized carbons (Fsp3) is 0.519. The third-order valence-corrected chi connectivity index (χ3v) is 6.67. The molecule has 1 saturated heterocycles. The summed E-state index contributed by atoms with van der Waals surface area (Å²) in [7, 11) is 1.42. The van der Waals surface area contributed by atoms with Crippen LogP contribution in [0.15, 0.2) is 30.5 Å². The summed E-state index contributed by atoms with van der Waals surface area (Å²) in [6.45, 7) is 13.2. The average Bonchev–Trinajstić information content (AvgIpc) is 3.10. The minimum Gasteiger partial charge on any atom is -0.496 e. The maximum Gasteiger partial charge on any atom is 0.573 e. The Kier molecular flexibility index (Phi) is 7.52. The van der Waals surface area contributed by atoms with Crippen LogP contribution >= 0.6 is 0 Å². The summed E-state index contributed by atoms with van der Waals surface area (Å²) >= 11 is 0. The maximum atomic E-state index is 12.7. The Hall–Kier alpha value is -2.78. The van der Waals surface area contributed by atoms with Gasteiger partial charge in [0.05, 0.1) is 36.0 Å². The second-order valence-electron chi connectivity index (χ2n) is 9.69. The van der Waals surface area contributed by atoms with Gasteiger partial charge < -0.3 is 18.8 Å². The first-order valence-corrected chi connectivity index (χ1v) is 12.3. The number of hydrogen-bond acceptors (Lipinski definition) is 5. The average molecular weight is 506 g/mol. The maximum absolute atomic E-state index is 12.7. The van der Waals surface area contributed by atoms with E-state index in [0.29, 0.717) is 11.3 Å². The fourth-order valence-corrected chi connectivity index (χ4v) is 5.21. The van der Waals surface area contributed by atoms with Gasteiger partial charge >= 0.3 is 6.36 Å². The van der Waals surface area contributed by atoms with Crippen LogP contribution in [0.5, 0.6) is 11.5 Å². The van der Waals surface area contributed by atoms with Crippen LogP contribution < -0.4 is 9.47 Å². The number of methoxy groups -OCH3 is 1. The molecular weight excluding hydrogens is 471 g/mol. The molecule has 1 fully saturated rings. The molecule has 1 aromatic carbocycles. The molecule has 1 aliphatic rings. The summed E-state index contributed by atoms with van der Waals surface area (Å²) in [5, 5.41) is 0. The number of morpholine rings is 1. The number of ether oxygens (including phenoxy) is 3. The second kappa shape index (κ2) is 10.3. The van der Waals surface area contributed by atoms with E-state index in [1.165, 1.54) is 19.2 Å². The van der Waals surface area contributed by atoms with Crippen molar-refractivity contribution in [1.82, 2.24) is 14.5 Å². The van der Waals surface area contributed by atoms with E-state index in [2.05, 4.69) is 47.2 Å². The van der Waals surface area contributed by atoms with Gasteiger partial charge in [-0.1, -0.05) is 6.92 Å². The lowest BCUT2D eigenvalue weighted by molar-refractivity contribution is -0.274. The van der Waals surface area contributed by atoms with Crippen molar-refractivity contribution < 1.29 is 27.4 Å². The van der Waals surface area contributed by atoms with Crippen LogP contribution in [0.4, 0.5) is 13.2 Å². The third kappa shape index (κ3) is 5.62. The van der Waals surface area contributed by atoms with Crippen LogP contribution in [0.3, 0.4) is 0 Å². The number of alkyl halides is 3. The van der Waals surface area contributed by atoms with Gasteiger partial charge in [0.15, 0.2) is 0 Å². The highest BCUT2D eigenvalue weighted by molar-refractivity contribution is 5.85. The molecule has 9 heteroatoms. The monoisotopic (exact) mass is 505 g/mol. The molecule has 36 heavy (non-hydrogen) atoms. The number of fused-ring (bicyclic) bond motifs is 1. The number of aromatic nitrogens is 2. The van der Waals surface area contributed by atoms with Crippen molar-refractivity contribution in [3.63, 3.8) is 0 Å². The Morgan fingerprint density at radius 3 is 2.42 bits per heavy atom. The molecule has 0 aliphatic carbocycles. The summed E-state index contributed by atoms with van der Waals surface area (Å²) in [6, 6.07) is 6.47. The Morgan fingerprint density at radius 2 is 1.81 bits per heavy atom. The normalized spacial score (nSPS) is 20.0. The van der Waals surface area contributed by atoms with E-state index in [1.807, 2.05) is 13.8 Å². The number of benzene rings is 1. The number of nitrogens with zero attached hydrogens (tertiary/aromatic N) is 3. The van der Waals surface area contributed by atoms with E-state index in [-0.39, 0.29) is 29.7 Å². The van der Waals surface area contributed by atoms with Gasteiger partial charge in [-0.15, -0.1) is 13.2 Å². The van der Waals surface area contributed by atoms with Crippen molar-refractivity contribution in [3.8, 4) is 22.8 Å². The molecule has 3 atom stereocenters. The summed E-state index contributed by atoms with van der Waals surface area (Å²) in [5.74, 6) is -0.0625. The Morgan fingerprint density at radius 1 is 1.11 bits per heavy atom. The van der Waals surface area contributed by atoms with Crippen LogP contribution in [0.25, 0.3) is 22.3 Å². The van der Waals surface area contributed by atoms with Crippen LogP contribution in [0, 0.1) is 13.8 Å². The van der Waals surface area contributed by atoms with Gasteiger partial charge in [0, 0.05) is 43.5 Å². The van der Waals surface area contributed by atoms with Crippen molar-refractivity contribution in [3.05, 3.63) is 41.6 Å². The molecule has 0 unspecified atom stereocenters. The van der Waals surface area contributed by atoms with Gasteiger partial charge in [-0.2, -0.15) is 0 Å². The molecule has 0 amide bonds. The highest BCUT2D eigenvalue weighted by atomic mass is 19.4. The highest BCUT2D eigenvalue weighted by Gasteiger charge is 2.31. The van der Waals surface area contributed by atoms with Gasteiger partial charge in [0.2, 0.25) is 0 Å². The lowest BCUT2D eigenvalue weighted by Crippen LogP contribution is -2.47. The quantitative estimate of drug-likeness (QED) is 0.378. The predicted molar refractivity (Wildman–Crippen MR) is 134 cm³/mol. The molecule has 3 aromatic rings. The van der Waals surface area contributed by atoms with E-state index in [1.54, 1.807) is 6.07 Å². The van der Waals surface area contributed by atoms with E-state index in [0.717, 1.165) is 48.2 Å². The van der Waals surface area contributed by atoms with Crippen molar-refractivity contribution in [2.75, 3.05) is 26.7 Å². The molecule has 4 rings (SSSR count). The molecule has 1 aliphatic heterocycles. The number of rotatable bonds is 7. The van der Waals surface area contributed by atoms with Crippen LogP contribution in [-0.2, 0) is 4.74 Å². The highest BCUT2D eigenvalue weighted by Crippen LogP contribution is 2.38. The van der Waals surface area contributed by atoms with Gasteiger partial charge in [0.25, 0.3) is 0 Å². The third-order valence-electron chi connectivity index (χ3n) is 6.67. The number of hydrogen-bond donors (Lipinski definition) is 0. The van der Waals surface area contributed by atoms with Crippen LogP contribution in [0.1, 0.15) is 44.4 Å². The zero-order valence-corrected chi connectivity index (χ0v) is 21.6. The standard InChI is InChI=1S/C27H34F3N3O3/c1-7-20(15-32-13-18(4)35-19(5)14-32)33-12-17(3)26-23(33)10-16(2)25(31-26)22-9-8-21(11-24(22)34-6)36-27(28,29)30/h8-12,18-20H,7,13-15H2,1-6H3/t18-,19+,20-/m0/s1. The van der Waals surface area contributed by atoms with Gasteiger partial charge in [-0.25, -0.2) is 4.98 Å². The van der Waals surface area contributed by atoms with Crippen molar-refractivity contribution in [2.24, 2.45) is 0 Å². The van der Waals surface area contributed by atoms with Crippen molar-refractivity contribution in [1.29, 1.82) is 0 Å². The molecule has 3 heterocycles. The number of halogens is 3. The molecule has 0 N–H and O–H groups in total. The van der Waals surface area contributed by atoms with Gasteiger partial charge in [0.1, 0.15) is 11.5 Å². The zero-order chi connectivity index (χ0) is 26.2. The molecule has 6 nitrogen and oxygen atoms in total. The van der Waals surface area contributed by atoms with Crippen molar-refractivity contribution >= 4 is 11.0 Å². The van der Waals surface area contributed by atoms with E-state index < -0.39 is 6.36 Å². The molecule has 0 saturated carbocycles. The van der Waals surface area contributed by atoms with Crippen LogP contribution in [-0.4, -0.2) is 59.8 Å². The predicted octanol–water partition coefficient (Wildman–Crippen LogP) is 6.29. The summed E-state index contributed by atoms with van der Waals surface area (Å²) in [5.41, 5.74) is 5.16. The van der Waals surface area contributed by atoms with E-state index >= 15 is 0 Å². The largest absolute Gasteiger partial charge is 0.573 e. The fourth-order valence-electron chi connectivity index (χ4n) is 5.21. The first-order valence-electron chi connectivity index (χ1n) is 12.3. The summed E-state index contributed by atoms with van der Waals surface area (Å²) in [6.07, 6.45) is -1.22. The second-order valence-corrected chi connectivity index (χ2v) is 9.69. The molecule has 2 aromatic heterocycles. The lowest BCUT2D eigenvalue weighted by Gasteiger charge is -2.37. The number of aryl methyl sites for hydroxylation is 2. The molecule has 0 bridgehead atoms. The molecular formula is C27H34F3N3O3. The first-order chi connectivity index (χ1) is 17.0. The molecule has 196 valence electrons. The van der Waals surface area contributed by atoms with Crippen LogP contribution in [0.2, 0.25) is 0 Å². The minimum atomic E-state index is -4.77. The smallest absolute Gasteiger partial charge is 0.496 e. The Bertz CT molecular complexity index is 1210. The number of pyridine rings is 1. The molecule has 0 spiro atoms. The molecule has 0 radical (unpaired) electrons. The minimum absolute atomic E-state index is 0.212. The zero-order valence-electron chi connectivity index (χ0n) is 21.6. The van der Waals surface area contributed by atoms with Gasteiger partial charge in [-0.3, -0.25) is 4.90 Å². The van der Waals surface area contributed by atoms with Crippen molar-refractivity contribution in [2.45, 2.75) is 65.7 Å². The van der Waals surface area contributed by atoms with Gasteiger partial charge in [-0.05, 0) is 63.4 Å². The SMILES string of the molecule is CC[C@@H](CN1C[C@@H](C)O[C@@H](C)C1)n1cc(C)c2nc(-c3ccc(OC(F)(F)F)cc3OC)c(C)cc21. The van der Waals surface area contributed by atoms with E-state index in [4.69, 9.17) is 14.5 Å². The van der Waals surface area contributed by atoms with E-state index in [9.17, 15) is 13.2 Å².